The quantitative estimate of drug-likeness (QED) is 0.833. The van der Waals surface area contributed by atoms with E-state index < -0.39 is 5.54 Å². The van der Waals surface area contributed by atoms with E-state index in [2.05, 4.69) is 12.0 Å². The molecule has 1 unspecified atom stereocenters. The van der Waals surface area contributed by atoms with Crippen LogP contribution >= 0.6 is 0 Å². The first-order valence-corrected chi connectivity index (χ1v) is 10.2. The summed E-state index contributed by atoms with van der Waals surface area (Å²) < 4.78 is 1.77. The Kier molecular flexibility index (Phi) is 4.53. The van der Waals surface area contributed by atoms with Gasteiger partial charge in [-0.2, -0.15) is 5.10 Å². The summed E-state index contributed by atoms with van der Waals surface area (Å²) >= 11 is 0. The number of fused-ring (bicyclic) bond motifs is 1. The second-order valence-electron chi connectivity index (χ2n) is 8.09. The van der Waals surface area contributed by atoms with E-state index >= 15 is 0 Å². The van der Waals surface area contributed by atoms with Crippen molar-refractivity contribution in [2.24, 2.45) is 7.05 Å². The Bertz CT molecular complexity index is 724. The van der Waals surface area contributed by atoms with Gasteiger partial charge in [-0.25, -0.2) is 0 Å². The molecule has 26 heavy (non-hydrogen) atoms. The monoisotopic (exact) mass is 358 g/mol. The fourth-order valence-electron chi connectivity index (χ4n) is 5.28. The molecule has 1 aromatic heterocycles. The van der Waals surface area contributed by atoms with Crippen molar-refractivity contribution in [2.45, 2.75) is 70.3 Å². The van der Waals surface area contributed by atoms with Gasteiger partial charge in [-0.1, -0.05) is 6.92 Å². The molecule has 3 heterocycles. The van der Waals surface area contributed by atoms with E-state index in [9.17, 15) is 9.59 Å². The van der Waals surface area contributed by atoms with Crippen molar-refractivity contribution in [3.05, 3.63) is 17.0 Å². The molecule has 0 bridgehead atoms. The smallest absolute Gasteiger partial charge is 0.273 e. The molecule has 0 aromatic carbocycles. The molecule has 6 nitrogen and oxygen atoms in total. The van der Waals surface area contributed by atoms with Crippen LogP contribution in [0.4, 0.5) is 0 Å². The summed E-state index contributed by atoms with van der Waals surface area (Å²) in [6.45, 7) is 4.42. The first-order valence-electron chi connectivity index (χ1n) is 10.2. The van der Waals surface area contributed by atoms with Crippen molar-refractivity contribution in [2.75, 3.05) is 19.6 Å². The number of rotatable bonds is 3. The predicted molar refractivity (Wildman–Crippen MR) is 99.0 cm³/mol. The second-order valence-corrected chi connectivity index (χ2v) is 8.09. The highest BCUT2D eigenvalue weighted by molar-refractivity contribution is 6.00. The molecule has 1 aliphatic carbocycles. The number of carbonyl (C=O) groups is 2. The molecule has 1 spiro atoms. The van der Waals surface area contributed by atoms with Crippen molar-refractivity contribution < 1.29 is 9.59 Å². The van der Waals surface area contributed by atoms with Crippen LogP contribution in [0.2, 0.25) is 0 Å². The third-order valence-corrected chi connectivity index (χ3v) is 6.45. The molecule has 2 amide bonds. The largest absolute Gasteiger partial charge is 0.341 e. The lowest BCUT2D eigenvalue weighted by molar-refractivity contribution is -0.145. The van der Waals surface area contributed by atoms with Crippen LogP contribution < -0.4 is 0 Å². The highest BCUT2D eigenvalue weighted by atomic mass is 16.2. The molecule has 142 valence electrons. The van der Waals surface area contributed by atoms with E-state index in [4.69, 9.17) is 0 Å². The molecule has 1 atom stereocenters. The van der Waals surface area contributed by atoms with Crippen LogP contribution in [0, 0.1) is 0 Å². The summed E-state index contributed by atoms with van der Waals surface area (Å²) in [5, 5.41) is 4.61. The standard InChI is InChI=1S/C20H30N4O2/c1-3-12-23-13-6-10-20(19(23)26)11-7-14-24(20)18(25)17-15-8-4-5-9-16(15)21-22(17)2/h3-14H2,1-2H3. The number of hydrogen-bond acceptors (Lipinski definition) is 3. The van der Waals surface area contributed by atoms with Crippen LogP contribution in [-0.4, -0.2) is 56.6 Å². The van der Waals surface area contributed by atoms with E-state index in [-0.39, 0.29) is 11.8 Å². The van der Waals surface area contributed by atoms with Crippen molar-refractivity contribution in [3.8, 4) is 0 Å². The maximum absolute atomic E-state index is 13.6. The van der Waals surface area contributed by atoms with Gasteiger partial charge in [0.2, 0.25) is 5.91 Å². The van der Waals surface area contributed by atoms with Gasteiger partial charge in [0.15, 0.2) is 0 Å². The lowest BCUT2D eigenvalue weighted by atomic mass is 9.84. The first-order chi connectivity index (χ1) is 12.6. The highest BCUT2D eigenvalue weighted by Crippen LogP contribution is 2.40. The van der Waals surface area contributed by atoms with Gasteiger partial charge in [-0.3, -0.25) is 14.3 Å². The minimum atomic E-state index is -0.615. The normalized spacial score (nSPS) is 25.8. The summed E-state index contributed by atoms with van der Waals surface area (Å²) in [7, 11) is 1.88. The molecule has 2 saturated heterocycles. The summed E-state index contributed by atoms with van der Waals surface area (Å²) in [6.07, 6.45) is 8.63. The predicted octanol–water partition coefficient (Wildman–Crippen LogP) is 2.31. The Hall–Kier alpha value is -1.85. The summed E-state index contributed by atoms with van der Waals surface area (Å²) in [5.41, 5.74) is 2.31. The zero-order valence-electron chi connectivity index (χ0n) is 16.1. The Morgan fingerprint density at radius 2 is 1.85 bits per heavy atom. The van der Waals surface area contributed by atoms with Gasteiger partial charge in [-0.15, -0.1) is 0 Å². The summed E-state index contributed by atoms with van der Waals surface area (Å²) in [4.78, 5) is 30.8. The second kappa shape index (κ2) is 6.71. The number of nitrogens with zero attached hydrogens (tertiary/aromatic N) is 4. The molecule has 0 saturated carbocycles. The zero-order chi connectivity index (χ0) is 18.3. The fraction of sp³-hybridized carbons (Fsp3) is 0.750. The summed E-state index contributed by atoms with van der Waals surface area (Å²) in [6, 6.07) is 0. The van der Waals surface area contributed by atoms with Crippen molar-refractivity contribution in [3.63, 3.8) is 0 Å². The van der Waals surface area contributed by atoms with Crippen LogP contribution in [0.5, 0.6) is 0 Å². The molecule has 2 fully saturated rings. The Balaban J connectivity index is 1.68. The van der Waals surface area contributed by atoms with Crippen molar-refractivity contribution in [1.82, 2.24) is 19.6 Å². The number of aromatic nitrogens is 2. The molecule has 0 N–H and O–H groups in total. The molecular formula is C20H30N4O2. The molecular weight excluding hydrogens is 328 g/mol. The lowest BCUT2D eigenvalue weighted by Crippen LogP contribution is -2.61. The molecule has 0 radical (unpaired) electrons. The maximum Gasteiger partial charge on any atom is 0.273 e. The first kappa shape index (κ1) is 17.6. The molecule has 2 aliphatic heterocycles. The van der Waals surface area contributed by atoms with Crippen LogP contribution in [0.25, 0.3) is 0 Å². The minimum Gasteiger partial charge on any atom is -0.341 e. The number of amides is 2. The molecule has 3 aliphatic rings. The third kappa shape index (κ3) is 2.57. The van der Waals surface area contributed by atoms with E-state index in [1.807, 2.05) is 16.8 Å². The Morgan fingerprint density at radius 3 is 2.62 bits per heavy atom. The van der Waals surface area contributed by atoms with Crippen LogP contribution in [-0.2, 0) is 24.7 Å². The fourth-order valence-corrected chi connectivity index (χ4v) is 5.28. The summed E-state index contributed by atoms with van der Waals surface area (Å²) in [5.74, 6) is 0.194. The molecule has 4 rings (SSSR count). The van der Waals surface area contributed by atoms with Gasteiger partial charge in [-0.05, 0) is 57.8 Å². The van der Waals surface area contributed by atoms with Gasteiger partial charge in [0, 0.05) is 32.2 Å². The topological polar surface area (TPSA) is 58.4 Å². The SMILES string of the molecule is CCCN1CCCC2(CCCN2C(=O)c2c3c(nn2C)CCCC3)C1=O. The molecule has 1 aromatic rings. The van der Waals surface area contributed by atoms with E-state index in [0.29, 0.717) is 6.54 Å². The minimum absolute atomic E-state index is 0.0207. The van der Waals surface area contributed by atoms with Crippen LogP contribution in [0.1, 0.15) is 73.6 Å². The lowest BCUT2D eigenvalue weighted by Gasteiger charge is -2.44. The maximum atomic E-state index is 13.6. The van der Waals surface area contributed by atoms with Crippen LogP contribution in [0.3, 0.4) is 0 Å². The third-order valence-electron chi connectivity index (χ3n) is 6.45. The number of aryl methyl sites for hydroxylation is 2. The van der Waals surface area contributed by atoms with Gasteiger partial charge < -0.3 is 9.80 Å². The Labute approximate surface area is 155 Å². The van der Waals surface area contributed by atoms with E-state index in [1.165, 1.54) is 0 Å². The average Bonchev–Trinajstić information content (AvgIpc) is 3.20. The van der Waals surface area contributed by atoms with E-state index in [0.717, 1.165) is 87.8 Å². The zero-order valence-corrected chi connectivity index (χ0v) is 16.1. The van der Waals surface area contributed by atoms with Gasteiger partial charge >= 0.3 is 0 Å². The molecule has 6 heteroatoms. The van der Waals surface area contributed by atoms with Crippen molar-refractivity contribution in [1.29, 1.82) is 0 Å². The number of hydrogen-bond donors (Lipinski definition) is 0. The average molecular weight is 358 g/mol. The van der Waals surface area contributed by atoms with Crippen molar-refractivity contribution >= 4 is 11.8 Å². The number of carbonyl (C=O) groups excluding carboxylic acids is 2. The van der Waals surface area contributed by atoms with Gasteiger partial charge in [0.25, 0.3) is 5.91 Å². The number of likely N-dealkylation sites (tertiary alicyclic amines) is 2. The Morgan fingerprint density at radius 1 is 1.12 bits per heavy atom. The highest BCUT2D eigenvalue weighted by Gasteiger charge is 2.53. The van der Waals surface area contributed by atoms with Gasteiger partial charge in [0.1, 0.15) is 11.2 Å². The number of piperidine rings is 1. The van der Waals surface area contributed by atoms with E-state index in [1.54, 1.807) is 4.68 Å². The van der Waals surface area contributed by atoms with Crippen LogP contribution in [0.15, 0.2) is 0 Å². The van der Waals surface area contributed by atoms with Gasteiger partial charge in [0.05, 0.1) is 5.69 Å².